The van der Waals surface area contributed by atoms with E-state index < -0.39 is 0 Å². The lowest BCUT2D eigenvalue weighted by atomic mass is 10.2. The van der Waals surface area contributed by atoms with Gasteiger partial charge in [0.05, 0.1) is 4.88 Å². The lowest BCUT2D eigenvalue weighted by Crippen LogP contribution is -2.32. The second-order valence-electron chi connectivity index (χ2n) is 5.47. The third-order valence-electron chi connectivity index (χ3n) is 3.89. The van der Waals surface area contributed by atoms with E-state index in [1.807, 2.05) is 36.0 Å². The van der Waals surface area contributed by atoms with Gasteiger partial charge in [-0.2, -0.15) is 11.8 Å². The largest absolute Gasteiger partial charge is 0.399 e. The first kappa shape index (κ1) is 14.7. The number of thiophene rings is 1. The fourth-order valence-corrected chi connectivity index (χ4v) is 4.98. The zero-order valence-electron chi connectivity index (χ0n) is 12.1. The number of fused-ring (bicyclic) bond motifs is 1. The zero-order chi connectivity index (χ0) is 14.8. The molecule has 0 radical (unpaired) electrons. The summed E-state index contributed by atoms with van der Waals surface area (Å²) in [5.74, 6) is 1.21. The van der Waals surface area contributed by atoms with Gasteiger partial charge in [-0.3, -0.25) is 4.79 Å². The molecule has 1 fully saturated rings. The number of benzene rings is 1. The monoisotopic (exact) mass is 320 g/mol. The van der Waals surface area contributed by atoms with Crippen molar-refractivity contribution in [3.63, 3.8) is 0 Å². The fourth-order valence-electron chi connectivity index (χ4n) is 2.89. The number of hydrogen-bond donors (Lipinski definition) is 2. The van der Waals surface area contributed by atoms with Crippen LogP contribution in [0.3, 0.4) is 0 Å². The average Bonchev–Trinajstić information content (AvgIpc) is 3.05. The van der Waals surface area contributed by atoms with Gasteiger partial charge in [0.1, 0.15) is 0 Å². The molecule has 1 aliphatic carbocycles. The smallest absolute Gasteiger partial charge is 0.261 e. The molecule has 2 unspecified atom stereocenters. The summed E-state index contributed by atoms with van der Waals surface area (Å²) < 4.78 is 1.11. The van der Waals surface area contributed by atoms with E-state index in [1.54, 1.807) is 0 Å². The second kappa shape index (κ2) is 6.28. The van der Waals surface area contributed by atoms with E-state index >= 15 is 0 Å². The SMILES string of the molecule is CCSC1CCC(NC(=O)c2cc3cc(N)ccc3s2)C1. The number of nitrogens with two attached hydrogens (primary N) is 1. The van der Waals surface area contributed by atoms with Gasteiger partial charge in [0.2, 0.25) is 0 Å². The third kappa shape index (κ3) is 3.35. The quantitative estimate of drug-likeness (QED) is 0.840. The lowest BCUT2D eigenvalue weighted by molar-refractivity contribution is 0.0942. The van der Waals surface area contributed by atoms with Gasteiger partial charge in [0.25, 0.3) is 5.91 Å². The van der Waals surface area contributed by atoms with E-state index in [2.05, 4.69) is 12.2 Å². The third-order valence-corrected chi connectivity index (χ3v) is 6.23. The Morgan fingerprint density at radius 1 is 1.43 bits per heavy atom. The number of amides is 1. The Bertz CT molecular complexity index is 653. The molecule has 1 aromatic heterocycles. The van der Waals surface area contributed by atoms with Gasteiger partial charge in [-0.1, -0.05) is 6.92 Å². The highest BCUT2D eigenvalue weighted by Gasteiger charge is 2.26. The average molecular weight is 320 g/mol. The maximum absolute atomic E-state index is 12.4. The number of carbonyl (C=O) groups is 1. The molecule has 1 aromatic carbocycles. The van der Waals surface area contributed by atoms with Crippen molar-refractivity contribution in [3.05, 3.63) is 29.1 Å². The molecule has 1 aliphatic rings. The van der Waals surface area contributed by atoms with E-state index in [4.69, 9.17) is 5.73 Å². The van der Waals surface area contributed by atoms with Gasteiger partial charge < -0.3 is 11.1 Å². The maximum atomic E-state index is 12.4. The van der Waals surface area contributed by atoms with Crippen LogP contribution in [0.2, 0.25) is 0 Å². The van der Waals surface area contributed by atoms with Crippen LogP contribution in [0.5, 0.6) is 0 Å². The van der Waals surface area contributed by atoms with Gasteiger partial charge in [0.15, 0.2) is 0 Å². The van der Waals surface area contributed by atoms with Gasteiger partial charge in [-0.05, 0) is 54.7 Å². The summed E-state index contributed by atoms with van der Waals surface area (Å²) in [6, 6.07) is 8.06. The van der Waals surface area contributed by atoms with Crippen molar-refractivity contribution >= 4 is 44.8 Å². The first-order chi connectivity index (χ1) is 10.2. The molecule has 3 N–H and O–H groups in total. The number of nitrogen functional groups attached to an aromatic ring is 1. The van der Waals surface area contributed by atoms with E-state index in [-0.39, 0.29) is 5.91 Å². The zero-order valence-corrected chi connectivity index (χ0v) is 13.7. The number of hydrogen-bond acceptors (Lipinski definition) is 4. The molecule has 2 atom stereocenters. The van der Waals surface area contributed by atoms with Crippen LogP contribution in [0.15, 0.2) is 24.3 Å². The fraction of sp³-hybridized carbons (Fsp3) is 0.438. The Morgan fingerprint density at radius 2 is 2.29 bits per heavy atom. The molecule has 5 heteroatoms. The van der Waals surface area contributed by atoms with Crippen LogP contribution in [-0.4, -0.2) is 23.0 Å². The minimum Gasteiger partial charge on any atom is -0.399 e. The molecule has 2 aromatic rings. The Balaban J connectivity index is 1.67. The van der Waals surface area contributed by atoms with Crippen LogP contribution in [0, 0.1) is 0 Å². The lowest BCUT2D eigenvalue weighted by Gasteiger charge is -2.12. The summed E-state index contributed by atoms with van der Waals surface area (Å²) in [5, 5.41) is 4.95. The standard InChI is InChI=1S/C16H20N2OS2/c1-2-20-13-5-4-12(9-13)18-16(19)15-8-10-7-11(17)3-6-14(10)21-15/h3,6-8,12-13H,2,4-5,9,17H2,1H3,(H,18,19). The van der Waals surface area contributed by atoms with Gasteiger partial charge in [-0.15, -0.1) is 11.3 Å². The molecule has 1 saturated carbocycles. The van der Waals surface area contributed by atoms with Gasteiger partial charge in [0, 0.05) is 21.7 Å². The molecular weight excluding hydrogens is 300 g/mol. The molecule has 0 bridgehead atoms. The van der Waals surface area contributed by atoms with E-state index in [0.717, 1.165) is 39.2 Å². The summed E-state index contributed by atoms with van der Waals surface area (Å²) in [5.41, 5.74) is 6.53. The molecule has 0 spiro atoms. The number of thioether (sulfide) groups is 1. The molecule has 1 heterocycles. The minimum absolute atomic E-state index is 0.0573. The molecule has 0 saturated heterocycles. The first-order valence-electron chi connectivity index (χ1n) is 7.37. The van der Waals surface area contributed by atoms with Crippen molar-refractivity contribution in [2.45, 2.75) is 37.5 Å². The molecule has 1 amide bonds. The van der Waals surface area contributed by atoms with Crippen LogP contribution in [-0.2, 0) is 0 Å². The molecule has 0 aliphatic heterocycles. The van der Waals surface area contributed by atoms with Crippen LogP contribution in [0.1, 0.15) is 35.9 Å². The maximum Gasteiger partial charge on any atom is 0.261 e. The summed E-state index contributed by atoms with van der Waals surface area (Å²) in [4.78, 5) is 13.2. The number of carbonyl (C=O) groups excluding carboxylic acids is 1. The Hall–Kier alpha value is -1.20. The minimum atomic E-state index is 0.0573. The molecular formula is C16H20N2OS2. The van der Waals surface area contributed by atoms with Crippen LogP contribution in [0.25, 0.3) is 10.1 Å². The highest BCUT2D eigenvalue weighted by atomic mass is 32.2. The summed E-state index contributed by atoms with van der Waals surface area (Å²) >= 11 is 3.54. The summed E-state index contributed by atoms with van der Waals surface area (Å²) in [6.45, 7) is 2.19. The number of rotatable bonds is 4. The van der Waals surface area contributed by atoms with Gasteiger partial charge in [-0.25, -0.2) is 0 Å². The van der Waals surface area contributed by atoms with Crippen molar-refractivity contribution in [1.82, 2.24) is 5.32 Å². The number of anilines is 1. The van der Waals surface area contributed by atoms with Crippen LogP contribution >= 0.6 is 23.1 Å². The van der Waals surface area contributed by atoms with Crippen molar-refractivity contribution in [2.24, 2.45) is 0 Å². The molecule has 21 heavy (non-hydrogen) atoms. The summed E-state index contributed by atoms with van der Waals surface area (Å²) in [6.07, 6.45) is 3.41. The molecule has 3 nitrogen and oxygen atoms in total. The van der Waals surface area contributed by atoms with Crippen LogP contribution < -0.4 is 11.1 Å². The Kier molecular flexibility index (Phi) is 4.40. The topological polar surface area (TPSA) is 55.1 Å². The van der Waals surface area contributed by atoms with Crippen LogP contribution in [0.4, 0.5) is 5.69 Å². The van der Waals surface area contributed by atoms with E-state index in [0.29, 0.717) is 11.3 Å². The highest BCUT2D eigenvalue weighted by molar-refractivity contribution is 7.99. The van der Waals surface area contributed by atoms with Crippen molar-refractivity contribution in [3.8, 4) is 0 Å². The van der Waals surface area contributed by atoms with Crippen molar-refractivity contribution < 1.29 is 4.79 Å². The Morgan fingerprint density at radius 3 is 3.10 bits per heavy atom. The van der Waals surface area contributed by atoms with E-state index in [1.165, 1.54) is 17.8 Å². The predicted octanol–water partition coefficient (Wildman–Crippen LogP) is 3.89. The van der Waals surface area contributed by atoms with Gasteiger partial charge >= 0.3 is 0 Å². The Labute approximate surface area is 133 Å². The predicted molar refractivity (Wildman–Crippen MR) is 93.3 cm³/mol. The first-order valence-corrected chi connectivity index (χ1v) is 9.23. The summed E-state index contributed by atoms with van der Waals surface area (Å²) in [7, 11) is 0. The molecule has 3 rings (SSSR count). The normalized spacial score (nSPS) is 21.8. The van der Waals surface area contributed by atoms with Crippen molar-refractivity contribution in [2.75, 3.05) is 11.5 Å². The second-order valence-corrected chi connectivity index (χ2v) is 8.13. The highest BCUT2D eigenvalue weighted by Crippen LogP contribution is 2.31. The molecule has 112 valence electrons. The van der Waals surface area contributed by atoms with Crippen molar-refractivity contribution in [1.29, 1.82) is 0 Å². The van der Waals surface area contributed by atoms with E-state index in [9.17, 15) is 4.79 Å². The number of nitrogens with one attached hydrogen (secondary N) is 1.